The smallest absolute Gasteiger partial charge is 0.247 e. The van der Waals surface area contributed by atoms with Crippen molar-refractivity contribution in [3.05, 3.63) is 39.5 Å². The zero-order valence-corrected chi connectivity index (χ0v) is 16.8. The van der Waals surface area contributed by atoms with Crippen LogP contribution in [0.2, 0.25) is 0 Å². The van der Waals surface area contributed by atoms with Crippen LogP contribution in [-0.4, -0.2) is 67.8 Å². The zero-order valence-electron chi connectivity index (χ0n) is 14.7. The highest BCUT2D eigenvalue weighted by Crippen LogP contribution is 2.27. The molecule has 144 valence electrons. The van der Waals surface area contributed by atoms with Crippen molar-refractivity contribution in [2.75, 3.05) is 33.4 Å². The third-order valence-electron chi connectivity index (χ3n) is 4.06. The molecule has 1 amide bonds. The van der Waals surface area contributed by atoms with Gasteiger partial charge in [-0.2, -0.15) is 0 Å². The summed E-state index contributed by atoms with van der Waals surface area (Å²) < 4.78 is 11.9. The third kappa shape index (κ3) is 5.92. The van der Waals surface area contributed by atoms with Crippen molar-refractivity contribution in [1.82, 2.24) is 10.6 Å². The van der Waals surface area contributed by atoms with Crippen molar-refractivity contribution in [1.29, 1.82) is 0 Å². The summed E-state index contributed by atoms with van der Waals surface area (Å²) in [6.07, 6.45) is 0.565. The van der Waals surface area contributed by atoms with Gasteiger partial charge >= 0.3 is 0 Å². The summed E-state index contributed by atoms with van der Waals surface area (Å²) in [5.74, 6) is 0.391. The molecule has 1 aromatic rings. The van der Waals surface area contributed by atoms with Gasteiger partial charge in [-0.25, -0.2) is 0 Å². The molecule has 0 unspecified atom stereocenters. The SMILES string of the molecule is COCCN[C@@H]1CC(C(=O)NCCO)=C[C@H](Oc2ccccc2I)[C@H]1O. The Bertz CT molecular complexity index is 625. The number of carbonyl (C=O) groups excluding carboxylic acids is 1. The lowest BCUT2D eigenvalue weighted by molar-refractivity contribution is -0.118. The summed E-state index contributed by atoms with van der Waals surface area (Å²) in [4.78, 5) is 12.3. The van der Waals surface area contributed by atoms with Crippen molar-refractivity contribution in [2.24, 2.45) is 0 Å². The molecule has 7 nitrogen and oxygen atoms in total. The fourth-order valence-electron chi connectivity index (χ4n) is 2.73. The van der Waals surface area contributed by atoms with E-state index in [4.69, 9.17) is 14.6 Å². The lowest BCUT2D eigenvalue weighted by Crippen LogP contribution is -2.52. The molecule has 3 atom stereocenters. The van der Waals surface area contributed by atoms with Crippen molar-refractivity contribution in [3.8, 4) is 5.75 Å². The van der Waals surface area contributed by atoms with Gasteiger partial charge in [-0.3, -0.25) is 4.79 Å². The van der Waals surface area contributed by atoms with Crippen molar-refractivity contribution >= 4 is 28.5 Å². The van der Waals surface area contributed by atoms with E-state index in [-0.39, 0.29) is 25.1 Å². The summed E-state index contributed by atoms with van der Waals surface area (Å²) >= 11 is 2.17. The Balaban J connectivity index is 2.17. The van der Waals surface area contributed by atoms with Crippen LogP contribution in [0.4, 0.5) is 0 Å². The Morgan fingerprint density at radius 1 is 1.35 bits per heavy atom. The Labute approximate surface area is 166 Å². The Hall–Kier alpha value is -1.20. The van der Waals surface area contributed by atoms with Gasteiger partial charge in [0, 0.05) is 31.8 Å². The number of hydrogen-bond acceptors (Lipinski definition) is 6. The molecule has 1 aliphatic rings. The quantitative estimate of drug-likeness (QED) is 0.305. The summed E-state index contributed by atoms with van der Waals surface area (Å²) in [5, 5.41) is 25.5. The van der Waals surface area contributed by atoms with E-state index >= 15 is 0 Å². The van der Waals surface area contributed by atoms with E-state index in [1.807, 2.05) is 24.3 Å². The number of carbonyl (C=O) groups is 1. The van der Waals surface area contributed by atoms with Crippen LogP contribution < -0.4 is 15.4 Å². The summed E-state index contributed by atoms with van der Waals surface area (Å²) in [5.41, 5.74) is 0.523. The highest BCUT2D eigenvalue weighted by atomic mass is 127. The van der Waals surface area contributed by atoms with Gasteiger partial charge in [0.2, 0.25) is 5.91 Å². The van der Waals surface area contributed by atoms with Crippen LogP contribution >= 0.6 is 22.6 Å². The first kappa shape index (κ1) is 21.1. The first-order chi connectivity index (χ1) is 12.6. The number of nitrogens with one attached hydrogen (secondary N) is 2. The van der Waals surface area contributed by atoms with Crippen LogP contribution in [-0.2, 0) is 9.53 Å². The molecule has 8 heteroatoms. The second-order valence-electron chi connectivity index (χ2n) is 5.93. The average Bonchev–Trinajstić information content (AvgIpc) is 2.64. The van der Waals surface area contributed by atoms with Crippen LogP contribution in [0.5, 0.6) is 5.75 Å². The third-order valence-corrected chi connectivity index (χ3v) is 4.95. The lowest BCUT2D eigenvalue weighted by Gasteiger charge is -2.34. The number of benzene rings is 1. The average molecular weight is 476 g/mol. The van der Waals surface area contributed by atoms with Crippen LogP contribution in [0.15, 0.2) is 35.9 Å². The number of methoxy groups -OCH3 is 1. The Kier molecular flexibility index (Phi) is 8.79. The Morgan fingerprint density at radius 2 is 2.12 bits per heavy atom. The van der Waals surface area contributed by atoms with E-state index in [0.29, 0.717) is 30.9 Å². The highest BCUT2D eigenvalue weighted by molar-refractivity contribution is 14.1. The first-order valence-corrected chi connectivity index (χ1v) is 9.56. The van der Waals surface area contributed by atoms with Crippen LogP contribution in [0.3, 0.4) is 0 Å². The molecule has 0 aliphatic heterocycles. The fraction of sp³-hybridized carbons (Fsp3) is 0.500. The van der Waals surface area contributed by atoms with Crippen LogP contribution in [0.25, 0.3) is 0 Å². The summed E-state index contributed by atoms with van der Waals surface area (Å²) in [6, 6.07) is 7.18. The minimum Gasteiger partial charge on any atom is -0.482 e. The van der Waals surface area contributed by atoms with E-state index in [1.54, 1.807) is 13.2 Å². The maximum Gasteiger partial charge on any atom is 0.247 e. The second-order valence-corrected chi connectivity index (χ2v) is 7.09. The van der Waals surface area contributed by atoms with Crippen molar-refractivity contribution in [2.45, 2.75) is 24.7 Å². The Morgan fingerprint density at radius 3 is 2.81 bits per heavy atom. The molecule has 0 aromatic heterocycles. The zero-order chi connectivity index (χ0) is 18.9. The minimum atomic E-state index is -0.808. The van der Waals surface area contributed by atoms with Gasteiger partial charge < -0.3 is 30.3 Å². The highest BCUT2D eigenvalue weighted by Gasteiger charge is 2.35. The van der Waals surface area contributed by atoms with E-state index in [1.165, 1.54) is 0 Å². The predicted molar refractivity (Wildman–Crippen MR) is 106 cm³/mol. The molecule has 1 aromatic carbocycles. The molecule has 26 heavy (non-hydrogen) atoms. The van der Waals surface area contributed by atoms with Crippen LogP contribution in [0.1, 0.15) is 6.42 Å². The number of rotatable bonds is 9. The first-order valence-electron chi connectivity index (χ1n) is 8.48. The minimum absolute atomic E-state index is 0.126. The molecular weight excluding hydrogens is 451 g/mol. The molecule has 0 radical (unpaired) electrons. The maximum absolute atomic E-state index is 12.3. The molecule has 0 spiro atoms. The molecule has 0 fully saturated rings. The lowest BCUT2D eigenvalue weighted by atomic mass is 9.89. The summed E-state index contributed by atoms with van der Waals surface area (Å²) in [7, 11) is 1.61. The van der Waals surface area contributed by atoms with E-state index < -0.39 is 12.2 Å². The topological polar surface area (TPSA) is 100 Å². The summed E-state index contributed by atoms with van der Waals surface area (Å²) in [6.45, 7) is 1.11. The number of halogens is 1. The number of ether oxygens (including phenoxy) is 2. The maximum atomic E-state index is 12.3. The van der Waals surface area contributed by atoms with Crippen molar-refractivity contribution < 1.29 is 24.5 Å². The molecule has 0 saturated carbocycles. The van der Waals surface area contributed by atoms with E-state index in [9.17, 15) is 9.90 Å². The molecular formula is C18H25IN2O5. The van der Waals surface area contributed by atoms with Gasteiger partial charge in [0.25, 0.3) is 0 Å². The normalized spacial score (nSPS) is 22.6. The van der Waals surface area contributed by atoms with E-state index in [2.05, 4.69) is 33.2 Å². The molecule has 1 aliphatic carbocycles. The van der Waals surface area contributed by atoms with Gasteiger partial charge in [-0.15, -0.1) is 0 Å². The fourth-order valence-corrected chi connectivity index (χ4v) is 3.25. The number of hydrogen-bond donors (Lipinski definition) is 4. The monoisotopic (exact) mass is 476 g/mol. The standard InChI is InChI=1S/C18H25IN2O5/c1-25-9-7-20-14-10-12(18(24)21-6-8-22)11-16(17(14)23)26-15-5-3-2-4-13(15)19/h2-5,11,14,16-17,20,22-23H,6-10H2,1H3,(H,21,24)/t14-,16+,17+/m1/s1. The predicted octanol–water partition coefficient (Wildman–Crippen LogP) is 0.443. The van der Waals surface area contributed by atoms with Gasteiger partial charge in [0.1, 0.15) is 18.0 Å². The van der Waals surface area contributed by atoms with Gasteiger partial charge in [-0.05, 0) is 47.2 Å². The van der Waals surface area contributed by atoms with Gasteiger partial charge in [0.05, 0.1) is 16.8 Å². The second kappa shape index (κ2) is 10.8. The molecule has 4 N–H and O–H groups in total. The van der Waals surface area contributed by atoms with Crippen molar-refractivity contribution in [3.63, 3.8) is 0 Å². The molecule has 0 saturated heterocycles. The number of aliphatic hydroxyl groups is 2. The molecule has 0 heterocycles. The van der Waals surface area contributed by atoms with E-state index in [0.717, 1.165) is 3.57 Å². The number of para-hydroxylation sites is 1. The van der Waals surface area contributed by atoms with Gasteiger partial charge in [-0.1, -0.05) is 12.1 Å². The number of amides is 1. The van der Waals surface area contributed by atoms with Gasteiger partial charge in [0.15, 0.2) is 0 Å². The number of aliphatic hydroxyl groups excluding tert-OH is 2. The molecule has 0 bridgehead atoms. The van der Waals surface area contributed by atoms with Crippen LogP contribution in [0, 0.1) is 3.57 Å². The molecule has 2 rings (SSSR count). The largest absolute Gasteiger partial charge is 0.482 e.